The first-order chi connectivity index (χ1) is 11.0. The van der Waals surface area contributed by atoms with Crippen molar-refractivity contribution >= 4 is 24.1 Å². The van der Waals surface area contributed by atoms with Crippen LogP contribution in [0, 0.1) is 11.8 Å². The van der Waals surface area contributed by atoms with Crippen molar-refractivity contribution in [2.24, 2.45) is 11.8 Å². The molecule has 3 atom stereocenters. The number of hydrogen-bond donors (Lipinski definition) is 3. The van der Waals surface area contributed by atoms with Gasteiger partial charge < -0.3 is 25.7 Å². The van der Waals surface area contributed by atoms with E-state index < -0.39 is 0 Å². The Kier molecular flexibility index (Phi) is 5.59. The number of hydrogen-bond acceptors (Lipinski definition) is 7. The molecule has 0 bridgehead atoms. The summed E-state index contributed by atoms with van der Waals surface area (Å²) in [6, 6.07) is 2.01. The van der Waals surface area contributed by atoms with E-state index in [1.165, 1.54) is 0 Å². The Morgan fingerprint density at radius 2 is 2.04 bits per heavy atom. The van der Waals surface area contributed by atoms with E-state index in [1.807, 2.05) is 6.07 Å². The third kappa shape index (κ3) is 3.64. The monoisotopic (exact) mass is 323 g/mol. The van der Waals surface area contributed by atoms with Gasteiger partial charge >= 0.3 is 0 Å². The van der Waals surface area contributed by atoms with Crippen molar-refractivity contribution < 1.29 is 15.0 Å². The van der Waals surface area contributed by atoms with Crippen LogP contribution in [0.3, 0.4) is 0 Å². The molecule has 2 heterocycles. The number of nitrogen functional groups attached to an aromatic ring is 1. The Bertz CT molecular complexity index is 538. The van der Waals surface area contributed by atoms with Gasteiger partial charge in [-0.25, -0.2) is 0 Å². The second kappa shape index (κ2) is 7.45. The highest BCUT2D eigenvalue weighted by Crippen LogP contribution is 2.42. The lowest BCUT2D eigenvalue weighted by Crippen LogP contribution is -2.39. The summed E-state index contributed by atoms with van der Waals surface area (Å²) < 4.78 is 0. The number of anilines is 3. The van der Waals surface area contributed by atoms with Crippen LogP contribution >= 0.6 is 0 Å². The summed E-state index contributed by atoms with van der Waals surface area (Å²) in [5, 5.41) is 16.7. The van der Waals surface area contributed by atoms with Crippen LogP contribution in [0.4, 0.5) is 17.6 Å². The largest absolute Gasteiger partial charge is 0.483 e. The molecule has 8 nitrogen and oxygen atoms in total. The molecule has 23 heavy (non-hydrogen) atoms. The lowest BCUT2D eigenvalue weighted by atomic mass is 9.74. The number of carbonyl (C=O) groups is 1. The summed E-state index contributed by atoms with van der Waals surface area (Å²) in [5.74, 6) is 3.11. The van der Waals surface area contributed by atoms with E-state index in [0.29, 0.717) is 17.8 Å². The second-order valence-corrected chi connectivity index (χ2v) is 5.85. The molecule has 0 radical (unpaired) electrons. The zero-order chi connectivity index (χ0) is 17.0. The molecule has 1 aliphatic heterocycles. The van der Waals surface area contributed by atoms with Crippen LogP contribution in [0.1, 0.15) is 20.3 Å². The zero-order valence-electron chi connectivity index (χ0n) is 13.6. The maximum atomic E-state index is 9.76. The number of nitrogens with zero attached hydrogens (tertiary/aromatic N) is 4. The molecule has 1 aromatic rings. The van der Waals surface area contributed by atoms with Gasteiger partial charge in [0.15, 0.2) is 0 Å². The van der Waals surface area contributed by atoms with Crippen molar-refractivity contribution in [3.63, 3.8) is 0 Å². The molecule has 1 saturated carbocycles. The molecule has 2 aliphatic rings. The van der Waals surface area contributed by atoms with Gasteiger partial charge in [0, 0.05) is 38.2 Å². The van der Waals surface area contributed by atoms with Crippen LogP contribution in [0.25, 0.3) is 0 Å². The van der Waals surface area contributed by atoms with Crippen LogP contribution in [-0.2, 0) is 4.79 Å². The highest BCUT2D eigenvalue weighted by molar-refractivity contribution is 5.54. The Hall–Kier alpha value is -2.09. The molecule has 4 N–H and O–H groups in total. The average Bonchev–Trinajstić information content (AvgIpc) is 2.86. The summed E-state index contributed by atoms with van der Waals surface area (Å²) in [6.07, 6.45) is 0.788. The molecule has 0 spiro atoms. The van der Waals surface area contributed by atoms with Crippen molar-refractivity contribution in [2.75, 3.05) is 41.7 Å². The van der Waals surface area contributed by atoms with Gasteiger partial charge in [-0.05, 0) is 26.2 Å². The Morgan fingerprint density at radius 1 is 1.39 bits per heavy atom. The minimum atomic E-state index is -0.250. The van der Waals surface area contributed by atoms with E-state index >= 15 is 0 Å². The quantitative estimate of drug-likeness (QED) is 0.683. The minimum Gasteiger partial charge on any atom is -0.483 e. The van der Waals surface area contributed by atoms with E-state index in [9.17, 15) is 5.11 Å². The van der Waals surface area contributed by atoms with Crippen molar-refractivity contribution in [1.82, 2.24) is 9.97 Å². The van der Waals surface area contributed by atoms with Crippen LogP contribution in [0.5, 0.6) is 0 Å². The predicted molar refractivity (Wildman–Crippen MR) is 88.5 cm³/mol. The molecule has 8 heteroatoms. The third-order valence-electron chi connectivity index (χ3n) is 4.66. The highest BCUT2D eigenvalue weighted by atomic mass is 16.3. The maximum absolute atomic E-state index is 9.76. The Labute approximate surface area is 135 Å². The molecule has 0 aromatic carbocycles. The number of nitrogens with two attached hydrogens (primary N) is 1. The first-order valence-corrected chi connectivity index (χ1v) is 7.94. The van der Waals surface area contributed by atoms with Gasteiger partial charge in [-0.15, -0.1) is 0 Å². The number of fused-ring (bicyclic) bond motifs is 1. The van der Waals surface area contributed by atoms with Gasteiger partial charge in [0.2, 0.25) is 5.95 Å². The van der Waals surface area contributed by atoms with E-state index in [4.69, 9.17) is 15.6 Å². The number of aromatic nitrogens is 2. The smallest absolute Gasteiger partial charge is 0.290 e. The Balaban J connectivity index is 0.000000595. The molecule has 3 rings (SSSR count). The fraction of sp³-hybridized carbons (Fsp3) is 0.667. The fourth-order valence-electron chi connectivity index (χ4n) is 3.37. The normalized spacial score (nSPS) is 25.0. The second-order valence-electron chi connectivity index (χ2n) is 5.85. The predicted octanol–water partition coefficient (Wildman–Crippen LogP) is 0.423. The van der Waals surface area contributed by atoms with Gasteiger partial charge in [0.1, 0.15) is 11.6 Å². The van der Waals surface area contributed by atoms with Gasteiger partial charge in [-0.1, -0.05) is 0 Å². The van der Waals surface area contributed by atoms with E-state index in [2.05, 4.69) is 33.6 Å². The van der Waals surface area contributed by atoms with Crippen LogP contribution in [-0.4, -0.2) is 58.9 Å². The third-order valence-corrected chi connectivity index (χ3v) is 4.66. The molecular weight excluding hydrogens is 298 g/mol. The highest BCUT2D eigenvalue weighted by Gasteiger charge is 2.46. The summed E-state index contributed by atoms with van der Waals surface area (Å²) in [4.78, 5) is 21.5. The van der Waals surface area contributed by atoms with Gasteiger partial charge in [0.25, 0.3) is 6.47 Å². The number of rotatable bonds is 4. The standard InChI is InChI=1S/C14H23N5O.CH2O2/c1-3-18(4-2)12-6-13(17-14(15)16-12)19-7-9-5-11(20)10(9)8-19;2-1-3/h6,9-11,20H,3-5,7-8H2,1-2H3,(H2,15,16,17);1H,(H,2,3)/t9-,10+,11-;/m1./s1. The first kappa shape index (κ1) is 17.3. The first-order valence-electron chi connectivity index (χ1n) is 7.94. The van der Waals surface area contributed by atoms with Gasteiger partial charge in [0.05, 0.1) is 6.10 Å². The van der Waals surface area contributed by atoms with Crippen molar-refractivity contribution in [2.45, 2.75) is 26.4 Å². The average molecular weight is 323 g/mol. The zero-order valence-corrected chi connectivity index (χ0v) is 13.6. The maximum Gasteiger partial charge on any atom is 0.290 e. The number of carboxylic acid groups (broad SMARTS) is 1. The van der Waals surface area contributed by atoms with Crippen molar-refractivity contribution in [3.05, 3.63) is 6.07 Å². The van der Waals surface area contributed by atoms with Crippen LogP contribution in [0.2, 0.25) is 0 Å². The van der Waals surface area contributed by atoms with E-state index in [-0.39, 0.29) is 12.6 Å². The van der Waals surface area contributed by atoms with Crippen molar-refractivity contribution in [3.8, 4) is 0 Å². The molecule has 0 amide bonds. The summed E-state index contributed by atoms with van der Waals surface area (Å²) in [5.41, 5.74) is 5.86. The molecule has 1 aromatic heterocycles. The van der Waals surface area contributed by atoms with Gasteiger partial charge in [-0.3, -0.25) is 4.79 Å². The SMILES string of the molecule is CCN(CC)c1cc(N2C[C@H]3C[C@@H](O)[C@H]3C2)nc(N)n1.O=CO. The molecular formula is C15H25N5O3. The minimum absolute atomic E-state index is 0.133. The molecule has 2 fully saturated rings. The Morgan fingerprint density at radius 3 is 2.57 bits per heavy atom. The van der Waals surface area contributed by atoms with E-state index in [1.54, 1.807) is 0 Å². The molecule has 1 saturated heterocycles. The molecule has 1 aliphatic carbocycles. The van der Waals surface area contributed by atoms with Gasteiger partial charge in [-0.2, -0.15) is 9.97 Å². The van der Waals surface area contributed by atoms with Crippen LogP contribution in [0.15, 0.2) is 6.07 Å². The number of aliphatic hydroxyl groups excluding tert-OH is 1. The van der Waals surface area contributed by atoms with E-state index in [0.717, 1.165) is 44.2 Å². The lowest BCUT2D eigenvalue weighted by Gasteiger charge is -2.34. The van der Waals surface area contributed by atoms with Crippen LogP contribution < -0.4 is 15.5 Å². The number of aliphatic hydroxyl groups is 1. The summed E-state index contributed by atoms with van der Waals surface area (Å²) in [7, 11) is 0. The lowest BCUT2D eigenvalue weighted by molar-refractivity contribution is -0.122. The topological polar surface area (TPSA) is 116 Å². The summed E-state index contributed by atoms with van der Waals surface area (Å²) in [6.45, 7) is 7.60. The molecule has 0 unspecified atom stereocenters. The molecule has 128 valence electrons. The van der Waals surface area contributed by atoms with Crippen molar-refractivity contribution in [1.29, 1.82) is 0 Å². The fourth-order valence-corrected chi connectivity index (χ4v) is 3.37. The summed E-state index contributed by atoms with van der Waals surface area (Å²) >= 11 is 0.